The average molecular weight is 551 g/mol. The molecule has 43 heavy (non-hydrogen) atoms. The molecule has 3 heterocycles. The second-order valence-corrected chi connectivity index (χ2v) is 11.2. The maximum absolute atomic E-state index is 6.37. The van der Waals surface area contributed by atoms with Crippen LogP contribution in [0.1, 0.15) is 0 Å². The topological polar surface area (TPSA) is 44.1 Å². The van der Waals surface area contributed by atoms with Crippen LogP contribution in [0.15, 0.2) is 142 Å². The van der Waals surface area contributed by atoms with Gasteiger partial charge in [-0.2, -0.15) is 0 Å². The molecule has 0 atom stereocenters. The first-order chi connectivity index (χ1) is 21.3. The third-order valence-electron chi connectivity index (χ3n) is 8.80. The van der Waals surface area contributed by atoms with Gasteiger partial charge in [-0.05, 0) is 82.2 Å². The molecule has 10 aromatic rings. The number of para-hydroxylation sites is 2. The Balaban J connectivity index is 1.23. The second kappa shape index (κ2) is 8.34. The molecule has 0 saturated heterocycles. The minimum atomic E-state index is 0.592. The minimum absolute atomic E-state index is 0.592. The third kappa shape index (κ3) is 3.18. The van der Waals surface area contributed by atoms with Gasteiger partial charge in [0.2, 0.25) is 5.89 Å². The molecule has 0 unspecified atom stereocenters. The zero-order valence-corrected chi connectivity index (χ0v) is 22.9. The fourth-order valence-corrected chi connectivity index (χ4v) is 6.86. The van der Waals surface area contributed by atoms with Crippen LogP contribution in [0.2, 0.25) is 0 Å². The van der Waals surface area contributed by atoms with Crippen molar-refractivity contribution in [2.45, 2.75) is 0 Å². The monoisotopic (exact) mass is 550 g/mol. The van der Waals surface area contributed by atoms with E-state index in [1.54, 1.807) is 0 Å². The third-order valence-corrected chi connectivity index (χ3v) is 8.80. The van der Waals surface area contributed by atoms with Crippen LogP contribution >= 0.6 is 0 Å². The Hall–Kier alpha value is -5.87. The predicted molar refractivity (Wildman–Crippen MR) is 176 cm³/mol. The molecular formula is C39H22N2O2. The van der Waals surface area contributed by atoms with Crippen molar-refractivity contribution in [2.24, 2.45) is 0 Å². The minimum Gasteiger partial charge on any atom is -0.456 e. The van der Waals surface area contributed by atoms with Gasteiger partial charge in [-0.15, -0.1) is 0 Å². The highest BCUT2D eigenvalue weighted by Crippen LogP contribution is 2.41. The van der Waals surface area contributed by atoms with Crippen LogP contribution in [0, 0.1) is 0 Å². The second-order valence-electron chi connectivity index (χ2n) is 11.2. The van der Waals surface area contributed by atoms with Gasteiger partial charge in [0.25, 0.3) is 0 Å². The van der Waals surface area contributed by atoms with Crippen molar-refractivity contribution in [3.8, 4) is 17.1 Å². The molecule has 200 valence electrons. The maximum atomic E-state index is 6.37. The lowest BCUT2D eigenvalue weighted by molar-refractivity contribution is 0.619. The fourth-order valence-electron chi connectivity index (χ4n) is 6.86. The molecular weight excluding hydrogens is 528 g/mol. The van der Waals surface area contributed by atoms with E-state index in [1.165, 1.54) is 43.4 Å². The molecule has 0 N–H and O–H groups in total. The number of nitrogens with zero attached hydrogens (tertiary/aromatic N) is 2. The van der Waals surface area contributed by atoms with Crippen LogP contribution in [0.5, 0.6) is 0 Å². The van der Waals surface area contributed by atoms with Crippen molar-refractivity contribution in [1.82, 2.24) is 9.55 Å². The first-order valence-corrected chi connectivity index (χ1v) is 14.5. The lowest BCUT2D eigenvalue weighted by atomic mass is 10.00. The maximum Gasteiger partial charge on any atom is 0.227 e. The molecule has 0 aliphatic rings. The Bertz CT molecular complexity index is 2620. The van der Waals surface area contributed by atoms with Crippen LogP contribution in [0.4, 0.5) is 0 Å². The highest BCUT2D eigenvalue weighted by atomic mass is 16.3. The van der Waals surface area contributed by atoms with Crippen LogP contribution < -0.4 is 0 Å². The first-order valence-electron chi connectivity index (χ1n) is 14.5. The number of rotatable bonds is 2. The van der Waals surface area contributed by atoms with Gasteiger partial charge in [0.05, 0.1) is 11.0 Å². The van der Waals surface area contributed by atoms with Gasteiger partial charge in [-0.3, -0.25) is 0 Å². The van der Waals surface area contributed by atoms with E-state index in [-0.39, 0.29) is 0 Å². The van der Waals surface area contributed by atoms with E-state index < -0.39 is 0 Å². The lowest BCUT2D eigenvalue weighted by Crippen LogP contribution is -1.93. The summed E-state index contributed by atoms with van der Waals surface area (Å²) in [6.07, 6.45) is 0. The van der Waals surface area contributed by atoms with Gasteiger partial charge in [0.15, 0.2) is 5.58 Å². The van der Waals surface area contributed by atoms with Crippen molar-refractivity contribution >= 4 is 76.4 Å². The van der Waals surface area contributed by atoms with Crippen LogP contribution in [-0.4, -0.2) is 9.55 Å². The lowest BCUT2D eigenvalue weighted by Gasteiger charge is -2.09. The normalized spacial score (nSPS) is 12.2. The van der Waals surface area contributed by atoms with Gasteiger partial charge in [0, 0.05) is 32.8 Å². The molecule has 0 fully saturated rings. The van der Waals surface area contributed by atoms with E-state index in [2.05, 4.69) is 113 Å². The quantitative estimate of drug-likeness (QED) is 0.215. The highest BCUT2D eigenvalue weighted by molar-refractivity contribution is 6.28. The van der Waals surface area contributed by atoms with E-state index in [9.17, 15) is 0 Å². The van der Waals surface area contributed by atoms with Crippen molar-refractivity contribution in [1.29, 1.82) is 0 Å². The zero-order valence-electron chi connectivity index (χ0n) is 22.9. The molecule has 0 bridgehead atoms. The largest absolute Gasteiger partial charge is 0.456 e. The summed E-state index contributed by atoms with van der Waals surface area (Å²) in [5, 5.41) is 9.72. The Morgan fingerprint density at radius 1 is 0.465 bits per heavy atom. The number of oxazole rings is 1. The summed E-state index contributed by atoms with van der Waals surface area (Å²) in [6.45, 7) is 0. The van der Waals surface area contributed by atoms with Crippen molar-refractivity contribution in [2.75, 3.05) is 0 Å². The summed E-state index contributed by atoms with van der Waals surface area (Å²) in [5.41, 5.74) is 7.66. The average Bonchev–Trinajstić information content (AvgIpc) is 3.75. The number of hydrogen-bond donors (Lipinski definition) is 0. The van der Waals surface area contributed by atoms with Crippen molar-refractivity contribution in [3.63, 3.8) is 0 Å². The molecule has 0 saturated carbocycles. The van der Waals surface area contributed by atoms with E-state index in [4.69, 9.17) is 8.83 Å². The van der Waals surface area contributed by atoms with Crippen LogP contribution in [-0.2, 0) is 0 Å². The van der Waals surface area contributed by atoms with Gasteiger partial charge in [0.1, 0.15) is 16.7 Å². The Labute approximate surface area is 245 Å². The number of fused-ring (bicyclic) bond motifs is 11. The molecule has 3 aromatic heterocycles. The van der Waals surface area contributed by atoms with Crippen LogP contribution in [0.3, 0.4) is 0 Å². The van der Waals surface area contributed by atoms with Crippen molar-refractivity contribution in [3.05, 3.63) is 133 Å². The summed E-state index contributed by atoms with van der Waals surface area (Å²) >= 11 is 0. The summed E-state index contributed by atoms with van der Waals surface area (Å²) in [5.74, 6) is 0.592. The molecule has 10 rings (SSSR count). The van der Waals surface area contributed by atoms with Crippen LogP contribution in [0.25, 0.3) is 93.5 Å². The Morgan fingerprint density at radius 3 is 1.91 bits per heavy atom. The number of hydrogen-bond acceptors (Lipinski definition) is 3. The van der Waals surface area contributed by atoms with Gasteiger partial charge in [-0.25, -0.2) is 4.98 Å². The van der Waals surface area contributed by atoms with E-state index >= 15 is 0 Å². The summed E-state index contributed by atoms with van der Waals surface area (Å²) in [7, 11) is 0. The van der Waals surface area contributed by atoms with E-state index in [1.807, 2.05) is 30.3 Å². The summed E-state index contributed by atoms with van der Waals surface area (Å²) in [4.78, 5) is 4.68. The molecule has 4 heteroatoms. The fraction of sp³-hybridized carbons (Fsp3) is 0. The van der Waals surface area contributed by atoms with Gasteiger partial charge < -0.3 is 13.4 Å². The molecule has 4 nitrogen and oxygen atoms in total. The molecule has 0 amide bonds. The van der Waals surface area contributed by atoms with E-state index in [0.29, 0.717) is 5.89 Å². The first kappa shape index (κ1) is 22.8. The Morgan fingerprint density at radius 2 is 1.16 bits per heavy atom. The predicted octanol–water partition coefficient (Wildman–Crippen LogP) is 10.8. The van der Waals surface area contributed by atoms with Gasteiger partial charge in [-0.1, -0.05) is 72.8 Å². The SMILES string of the molecule is c1ccc2c(c1)ccc1c2c2c3ccccc3ccc2n1-c1ccc2oc3cc(-c4nc5ccccc5o4)ccc3c2c1. The Kier molecular flexibility index (Phi) is 4.42. The molecule has 0 radical (unpaired) electrons. The molecule has 0 aliphatic heterocycles. The van der Waals surface area contributed by atoms with Gasteiger partial charge >= 0.3 is 0 Å². The van der Waals surface area contributed by atoms with E-state index in [0.717, 1.165) is 44.3 Å². The number of benzene rings is 7. The van der Waals surface area contributed by atoms with Crippen molar-refractivity contribution < 1.29 is 8.83 Å². The highest BCUT2D eigenvalue weighted by Gasteiger charge is 2.19. The number of aromatic nitrogens is 2. The number of furan rings is 1. The molecule has 0 spiro atoms. The molecule has 0 aliphatic carbocycles. The summed E-state index contributed by atoms with van der Waals surface area (Å²) in [6, 6.07) is 46.9. The standard InChI is InChI=1S/C39H22N2O2/c1-3-9-27-23(7-1)14-18-32-37(27)38-28-10-4-2-8-24(28)15-19-33(38)41(32)26-16-20-34-30(22-26)29-17-13-25(21-36(29)42-34)39-40-31-11-5-6-12-35(31)43-39/h1-22H. The summed E-state index contributed by atoms with van der Waals surface area (Å²) < 4.78 is 14.8. The smallest absolute Gasteiger partial charge is 0.227 e. The molecule has 7 aromatic carbocycles. The zero-order chi connectivity index (χ0) is 28.1.